The first-order valence-electron chi connectivity index (χ1n) is 7.23. The fourth-order valence-electron chi connectivity index (χ4n) is 1.73. The van der Waals surface area contributed by atoms with Gasteiger partial charge in [0.15, 0.2) is 5.16 Å². The third-order valence-electron chi connectivity index (χ3n) is 2.99. The van der Waals surface area contributed by atoms with Crippen molar-refractivity contribution in [1.29, 1.82) is 0 Å². The number of anilines is 1. The smallest absolute Gasteiger partial charge is 0.455 e. The van der Waals surface area contributed by atoms with Gasteiger partial charge in [-0.15, -0.1) is 11.3 Å². The number of rotatable bonds is 6. The number of carbonyl (C=O) groups is 1. The molecule has 0 radical (unpaired) electrons. The van der Waals surface area contributed by atoms with E-state index in [1.54, 1.807) is 30.6 Å². The van der Waals surface area contributed by atoms with E-state index in [2.05, 4.69) is 19.9 Å². The summed E-state index contributed by atoms with van der Waals surface area (Å²) in [4.78, 5) is 29.2. The maximum atomic E-state index is 12.9. The number of nitrogens with zero attached hydrogens (tertiary/aromatic N) is 5. The largest absolute Gasteiger partial charge is 0.506 e. The van der Waals surface area contributed by atoms with Crippen LogP contribution in [0.1, 0.15) is 4.88 Å². The van der Waals surface area contributed by atoms with Gasteiger partial charge in [0.05, 0.1) is 10.5 Å². The fourth-order valence-corrected chi connectivity index (χ4v) is 2.76. The second kappa shape index (κ2) is 8.48. The Morgan fingerprint density at radius 2 is 2.04 bits per heavy atom. The number of aliphatic imine (C=N–C) groups is 1. The molecule has 2 aromatic rings. The molecule has 12 heteroatoms. The second-order valence-electron chi connectivity index (χ2n) is 5.14. The van der Waals surface area contributed by atoms with Gasteiger partial charge in [-0.05, 0) is 17.7 Å². The molecule has 1 N–H and O–H groups in total. The maximum absolute atomic E-state index is 12.9. The van der Waals surface area contributed by atoms with Crippen molar-refractivity contribution in [3.8, 4) is 0 Å². The Bertz CT molecular complexity index is 880. The van der Waals surface area contributed by atoms with Crippen LogP contribution in [-0.2, 0) is 4.79 Å². The molecule has 0 spiro atoms. The first-order chi connectivity index (χ1) is 12.6. The molecule has 0 unspecified atom stereocenters. The molecule has 7 nitrogen and oxygen atoms in total. The van der Waals surface area contributed by atoms with Gasteiger partial charge in [0.2, 0.25) is 5.95 Å². The Balaban J connectivity index is 2.52. The predicted molar refractivity (Wildman–Crippen MR) is 99.0 cm³/mol. The van der Waals surface area contributed by atoms with Gasteiger partial charge in [-0.1, -0.05) is 17.8 Å². The highest BCUT2D eigenvalue weighted by molar-refractivity contribution is 7.98. The van der Waals surface area contributed by atoms with Gasteiger partial charge in [0.25, 0.3) is 11.7 Å². The molecule has 2 heterocycles. The Labute approximate surface area is 160 Å². The second-order valence-corrected chi connectivity index (χ2v) is 6.86. The highest BCUT2D eigenvalue weighted by Crippen LogP contribution is 2.27. The molecule has 27 heavy (non-hydrogen) atoms. The van der Waals surface area contributed by atoms with Crippen LogP contribution < -0.4 is 4.90 Å². The zero-order valence-electron chi connectivity index (χ0n) is 14.4. The number of allylic oxidation sites excluding steroid dienone is 1. The summed E-state index contributed by atoms with van der Waals surface area (Å²) in [5.74, 6) is -2.98. The van der Waals surface area contributed by atoms with E-state index in [9.17, 15) is 23.1 Å². The van der Waals surface area contributed by atoms with E-state index < -0.39 is 23.3 Å². The number of halogens is 3. The first-order valence-corrected chi connectivity index (χ1v) is 9.34. The molecule has 0 aliphatic heterocycles. The molecular formula is C15H14F3N5O2S2. The van der Waals surface area contributed by atoms with Crippen molar-refractivity contribution in [3.63, 3.8) is 0 Å². The van der Waals surface area contributed by atoms with Crippen molar-refractivity contribution in [3.05, 3.63) is 28.0 Å². The van der Waals surface area contributed by atoms with Gasteiger partial charge in [-0.2, -0.15) is 28.1 Å². The first kappa shape index (κ1) is 20.8. The minimum absolute atomic E-state index is 0.100. The molecule has 0 fully saturated rings. The number of aliphatic hydroxyl groups excluding tert-OH is 1. The molecule has 0 aliphatic rings. The van der Waals surface area contributed by atoms with E-state index in [1.807, 2.05) is 0 Å². The van der Waals surface area contributed by atoms with Gasteiger partial charge in [-0.3, -0.25) is 4.79 Å². The van der Waals surface area contributed by atoms with Crippen LogP contribution in [-0.4, -0.2) is 58.6 Å². The quantitative estimate of drug-likeness (QED) is 0.333. The lowest BCUT2D eigenvalue weighted by Gasteiger charge is -2.10. The summed E-state index contributed by atoms with van der Waals surface area (Å²) in [5, 5.41) is 12.0. The Kier molecular flexibility index (Phi) is 6.54. The van der Waals surface area contributed by atoms with Gasteiger partial charge < -0.3 is 10.0 Å². The van der Waals surface area contributed by atoms with Crippen molar-refractivity contribution >= 4 is 52.8 Å². The van der Waals surface area contributed by atoms with Crippen molar-refractivity contribution < 1.29 is 23.1 Å². The number of thiophene rings is 1. The number of hydrogen-bond acceptors (Lipinski definition) is 9. The minimum atomic E-state index is -5.18. The number of ketones is 1. The lowest BCUT2D eigenvalue weighted by molar-refractivity contribution is -0.165. The van der Waals surface area contributed by atoms with E-state index in [0.29, 0.717) is 11.4 Å². The number of aliphatic hydroxyl groups is 1. The monoisotopic (exact) mass is 417 g/mol. The van der Waals surface area contributed by atoms with Crippen molar-refractivity contribution in [1.82, 2.24) is 15.0 Å². The average Bonchev–Trinajstić information content (AvgIpc) is 3.15. The number of hydrogen-bond donors (Lipinski definition) is 1. The molecule has 0 aliphatic carbocycles. The van der Waals surface area contributed by atoms with E-state index in [1.165, 1.54) is 23.9 Å². The summed E-state index contributed by atoms with van der Waals surface area (Å²) in [6, 6.07) is 2.92. The number of thioether (sulfide) groups is 1. The third kappa shape index (κ3) is 5.26. The third-order valence-corrected chi connectivity index (χ3v) is 4.42. The number of aromatic nitrogens is 3. The standard InChI is InChI=1S/C15H14F3N5O2S2/c1-23(2)13-20-12(21-14(22-13)26-3)19-7-8(11(25)15(16,17)18)10(24)9-5-4-6-27-9/h4-7,24H,1-3H3/b10-8-,19-7+. The minimum Gasteiger partial charge on any atom is -0.506 e. The van der Waals surface area contributed by atoms with E-state index in [4.69, 9.17) is 0 Å². The lowest BCUT2D eigenvalue weighted by atomic mass is 10.1. The molecule has 0 aromatic carbocycles. The van der Waals surface area contributed by atoms with Crippen molar-refractivity contribution in [2.75, 3.05) is 25.3 Å². The van der Waals surface area contributed by atoms with Gasteiger partial charge in [0.1, 0.15) is 5.76 Å². The van der Waals surface area contributed by atoms with Gasteiger partial charge in [-0.25, -0.2) is 4.99 Å². The van der Waals surface area contributed by atoms with Crippen LogP contribution in [0, 0.1) is 0 Å². The van der Waals surface area contributed by atoms with Crippen LogP contribution in [0.4, 0.5) is 25.1 Å². The molecule has 2 rings (SSSR count). The highest BCUT2D eigenvalue weighted by atomic mass is 32.2. The highest BCUT2D eigenvalue weighted by Gasteiger charge is 2.41. The molecular weight excluding hydrogens is 403 g/mol. The number of Topliss-reactive ketones (excluding diaryl/α,β-unsaturated/α-hetero) is 1. The molecule has 0 amide bonds. The van der Waals surface area contributed by atoms with E-state index >= 15 is 0 Å². The summed E-state index contributed by atoms with van der Waals surface area (Å²) in [6.45, 7) is 0. The summed E-state index contributed by atoms with van der Waals surface area (Å²) in [7, 11) is 3.35. The summed E-state index contributed by atoms with van der Waals surface area (Å²) >= 11 is 2.18. The topological polar surface area (TPSA) is 91.6 Å². The van der Waals surface area contributed by atoms with Gasteiger partial charge >= 0.3 is 6.18 Å². The van der Waals surface area contributed by atoms with Crippen LogP contribution >= 0.6 is 23.1 Å². The lowest BCUT2D eigenvalue weighted by Crippen LogP contribution is -2.26. The van der Waals surface area contributed by atoms with Crippen LogP contribution in [0.15, 0.2) is 33.2 Å². The fraction of sp³-hybridized carbons (Fsp3) is 0.267. The molecule has 0 saturated carbocycles. The SMILES string of the molecule is CSc1nc(/N=C/C(C(=O)C(F)(F)F)=C(/O)c2cccs2)nc(N(C)C)n1. The Morgan fingerprint density at radius 1 is 1.33 bits per heavy atom. The van der Waals surface area contributed by atoms with Crippen molar-refractivity contribution in [2.45, 2.75) is 11.3 Å². The van der Waals surface area contributed by atoms with Gasteiger partial charge in [0, 0.05) is 20.3 Å². The molecule has 0 atom stereocenters. The van der Waals surface area contributed by atoms with E-state index in [0.717, 1.165) is 11.3 Å². The van der Waals surface area contributed by atoms with Crippen molar-refractivity contribution in [2.24, 2.45) is 4.99 Å². The summed E-state index contributed by atoms with van der Waals surface area (Å²) < 4.78 is 38.7. The van der Waals surface area contributed by atoms with Crippen LogP contribution in [0.3, 0.4) is 0 Å². The molecule has 2 aromatic heterocycles. The predicted octanol–water partition coefficient (Wildman–Crippen LogP) is 3.52. The summed E-state index contributed by atoms with van der Waals surface area (Å²) in [6.07, 6.45) is -2.85. The van der Waals surface area contributed by atoms with Crippen LogP contribution in [0.5, 0.6) is 0 Å². The van der Waals surface area contributed by atoms with Crippen LogP contribution in [0.2, 0.25) is 0 Å². The number of alkyl halides is 3. The zero-order chi connectivity index (χ0) is 20.2. The normalized spacial score (nSPS) is 13.0. The number of carbonyl (C=O) groups excluding carboxylic acids is 1. The Hall–Kier alpha value is -2.47. The maximum Gasteiger partial charge on any atom is 0.455 e. The summed E-state index contributed by atoms with van der Waals surface area (Å²) in [5.41, 5.74) is -0.998. The zero-order valence-corrected chi connectivity index (χ0v) is 16.0. The Morgan fingerprint density at radius 3 is 2.56 bits per heavy atom. The van der Waals surface area contributed by atoms with Crippen LogP contribution in [0.25, 0.3) is 5.76 Å². The van der Waals surface area contributed by atoms with E-state index in [-0.39, 0.29) is 16.8 Å². The molecule has 0 bridgehead atoms. The molecule has 144 valence electrons. The molecule has 0 saturated heterocycles. The average molecular weight is 417 g/mol.